The van der Waals surface area contributed by atoms with Crippen LogP contribution >= 0.6 is 11.3 Å². The van der Waals surface area contributed by atoms with Crippen LogP contribution < -0.4 is 10.6 Å². The smallest absolute Gasteiger partial charge is 0.339 e. The number of pyridine rings is 1. The largest absolute Gasteiger partial charge is 0.478 e. The number of carbonyl (C=O) groups is 1. The summed E-state index contributed by atoms with van der Waals surface area (Å²) in [4.78, 5) is 18.4. The Morgan fingerprint density at radius 2 is 2.37 bits per heavy atom. The highest BCUT2D eigenvalue weighted by molar-refractivity contribution is 7.09. The monoisotopic (exact) mass is 277 g/mol. The summed E-state index contributed by atoms with van der Waals surface area (Å²) in [6.07, 6.45) is 2.34. The van der Waals surface area contributed by atoms with E-state index in [4.69, 9.17) is 5.73 Å². The summed E-state index contributed by atoms with van der Waals surface area (Å²) in [5.74, 6) is -0.573. The fraction of sp³-hybridized carbons (Fsp3) is 0.231. The van der Waals surface area contributed by atoms with Crippen LogP contribution in [0.15, 0.2) is 29.8 Å². The van der Waals surface area contributed by atoms with E-state index in [2.05, 4.69) is 11.1 Å². The number of nitrogen functional groups attached to an aromatic ring is 1. The molecule has 6 heteroatoms. The molecule has 0 spiro atoms. The molecule has 0 fully saturated rings. The Morgan fingerprint density at radius 3 is 3.00 bits per heavy atom. The summed E-state index contributed by atoms with van der Waals surface area (Å²) < 4.78 is 0. The molecule has 0 bridgehead atoms. The van der Waals surface area contributed by atoms with Crippen LogP contribution in [0, 0.1) is 0 Å². The van der Waals surface area contributed by atoms with Crippen LogP contribution in [0.25, 0.3) is 0 Å². The summed E-state index contributed by atoms with van der Waals surface area (Å²) >= 11 is 1.69. The Bertz CT molecular complexity index is 569. The van der Waals surface area contributed by atoms with Crippen LogP contribution in [0.5, 0.6) is 0 Å². The third kappa shape index (κ3) is 3.23. The Kier molecular flexibility index (Phi) is 4.01. The van der Waals surface area contributed by atoms with E-state index in [1.165, 1.54) is 17.1 Å². The van der Waals surface area contributed by atoms with Gasteiger partial charge in [-0.2, -0.15) is 0 Å². The van der Waals surface area contributed by atoms with Crippen LogP contribution in [-0.4, -0.2) is 29.7 Å². The van der Waals surface area contributed by atoms with E-state index in [9.17, 15) is 9.90 Å². The molecule has 2 aromatic heterocycles. The van der Waals surface area contributed by atoms with Crippen molar-refractivity contribution in [1.29, 1.82) is 0 Å². The molecule has 2 heterocycles. The molecule has 0 aliphatic heterocycles. The molecule has 2 rings (SSSR count). The van der Waals surface area contributed by atoms with Gasteiger partial charge in [0.05, 0.1) is 11.9 Å². The van der Waals surface area contributed by atoms with E-state index in [0.717, 1.165) is 6.42 Å². The van der Waals surface area contributed by atoms with Crippen molar-refractivity contribution in [2.24, 2.45) is 0 Å². The first kappa shape index (κ1) is 13.4. The summed E-state index contributed by atoms with van der Waals surface area (Å²) in [6.45, 7) is 0.706. The average Bonchev–Trinajstić information content (AvgIpc) is 2.88. The van der Waals surface area contributed by atoms with Crippen LogP contribution in [0.1, 0.15) is 15.2 Å². The van der Waals surface area contributed by atoms with E-state index in [1.807, 2.05) is 23.4 Å². The summed E-state index contributed by atoms with van der Waals surface area (Å²) in [7, 11) is 1.83. The highest BCUT2D eigenvalue weighted by atomic mass is 32.1. The van der Waals surface area contributed by atoms with E-state index >= 15 is 0 Å². The van der Waals surface area contributed by atoms with Gasteiger partial charge in [0, 0.05) is 18.5 Å². The van der Waals surface area contributed by atoms with E-state index in [-0.39, 0.29) is 5.56 Å². The third-order valence-electron chi connectivity index (χ3n) is 2.75. The predicted molar refractivity (Wildman–Crippen MR) is 76.9 cm³/mol. The molecule has 0 saturated carbocycles. The lowest BCUT2D eigenvalue weighted by Crippen LogP contribution is -2.23. The Morgan fingerprint density at radius 1 is 1.58 bits per heavy atom. The van der Waals surface area contributed by atoms with Crippen molar-refractivity contribution in [3.63, 3.8) is 0 Å². The number of hydrogen-bond donors (Lipinski definition) is 2. The molecule has 0 saturated heterocycles. The molecule has 0 unspecified atom stereocenters. The highest BCUT2D eigenvalue weighted by Gasteiger charge is 2.15. The molecule has 3 N–H and O–H groups in total. The number of thiophene rings is 1. The second-order valence-electron chi connectivity index (χ2n) is 4.20. The molecule has 0 aromatic carbocycles. The quantitative estimate of drug-likeness (QED) is 0.875. The van der Waals surface area contributed by atoms with Crippen LogP contribution in [0.4, 0.5) is 11.5 Å². The van der Waals surface area contributed by atoms with Crippen molar-refractivity contribution in [2.75, 3.05) is 24.2 Å². The van der Waals surface area contributed by atoms with Gasteiger partial charge in [0.15, 0.2) is 0 Å². The number of nitrogens with zero attached hydrogens (tertiary/aromatic N) is 2. The predicted octanol–water partition coefficient (Wildman–Crippen LogP) is 2.10. The second-order valence-corrected chi connectivity index (χ2v) is 5.23. The molecule has 0 aliphatic rings. The van der Waals surface area contributed by atoms with Gasteiger partial charge in [0.1, 0.15) is 11.4 Å². The number of carboxylic acid groups (broad SMARTS) is 1. The second kappa shape index (κ2) is 5.71. The van der Waals surface area contributed by atoms with Crippen molar-refractivity contribution in [1.82, 2.24) is 4.98 Å². The lowest BCUT2D eigenvalue weighted by atomic mass is 10.2. The minimum Gasteiger partial charge on any atom is -0.478 e. The normalized spacial score (nSPS) is 10.4. The summed E-state index contributed by atoms with van der Waals surface area (Å²) in [5.41, 5.74) is 6.06. The number of aromatic nitrogens is 1. The molecule has 2 aromatic rings. The molecular formula is C13H15N3O2S. The van der Waals surface area contributed by atoms with Gasteiger partial charge in [-0.25, -0.2) is 9.78 Å². The number of likely N-dealkylation sites (N-methyl/N-ethyl adjacent to an activating group) is 1. The average molecular weight is 277 g/mol. The number of anilines is 2. The van der Waals surface area contributed by atoms with Gasteiger partial charge in [-0.05, 0) is 23.9 Å². The first-order valence-corrected chi connectivity index (χ1v) is 6.68. The summed E-state index contributed by atoms with van der Waals surface area (Å²) in [5, 5.41) is 11.2. The lowest BCUT2D eigenvalue weighted by Gasteiger charge is -2.19. The minimum absolute atomic E-state index is 0.133. The topological polar surface area (TPSA) is 79.5 Å². The molecule has 100 valence electrons. The maximum atomic E-state index is 11.2. The molecule has 0 radical (unpaired) electrons. The van der Waals surface area contributed by atoms with Crippen LogP contribution in [-0.2, 0) is 6.42 Å². The zero-order valence-electron chi connectivity index (χ0n) is 10.5. The van der Waals surface area contributed by atoms with Crippen LogP contribution in [0.2, 0.25) is 0 Å². The molecule has 5 nitrogen and oxygen atoms in total. The minimum atomic E-state index is -1.02. The van der Waals surface area contributed by atoms with Gasteiger partial charge in [-0.15, -0.1) is 11.3 Å². The van der Waals surface area contributed by atoms with Crippen LogP contribution in [0.3, 0.4) is 0 Å². The molecule has 0 aliphatic carbocycles. The Balaban J connectivity index is 2.14. The van der Waals surface area contributed by atoms with E-state index in [0.29, 0.717) is 18.1 Å². The fourth-order valence-electron chi connectivity index (χ4n) is 1.77. The third-order valence-corrected chi connectivity index (χ3v) is 3.69. The number of hydrogen-bond acceptors (Lipinski definition) is 5. The van der Waals surface area contributed by atoms with Gasteiger partial charge < -0.3 is 15.7 Å². The lowest BCUT2D eigenvalue weighted by molar-refractivity contribution is 0.0697. The Hall–Kier alpha value is -2.08. The van der Waals surface area contributed by atoms with Crippen molar-refractivity contribution in [3.05, 3.63) is 40.2 Å². The maximum absolute atomic E-state index is 11.2. The van der Waals surface area contributed by atoms with Crippen molar-refractivity contribution in [3.8, 4) is 0 Å². The first-order valence-electron chi connectivity index (χ1n) is 5.80. The van der Waals surface area contributed by atoms with Gasteiger partial charge in [0.2, 0.25) is 0 Å². The zero-order valence-corrected chi connectivity index (χ0v) is 11.4. The molecule has 0 atom stereocenters. The molecule has 0 amide bonds. The first-order chi connectivity index (χ1) is 9.08. The van der Waals surface area contributed by atoms with Crippen molar-refractivity contribution in [2.45, 2.75) is 6.42 Å². The molecule has 19 heavy (non-hydrogen) atoms. The van der Waals surface area contributed by atoms with Gasteiger partial charge in [0.25, 0.3) is 0 Å². The molecular weight excluding hydrogens is 262 g/mol. The number of nitrogens with two attached hydrogens (primary N) is 1. The van der Waals surface area contributed by atoms with E-state index in [1.54, 1.807) is 11.3 Å². The Labute approximate surface area is 115 Å². The van der Waals surface area contributed by atoms with Crippen molar-refractivity contribution < 1.29 is 9.90 Å². The standard InChI is InChI=1S/C13H15N3O2S/c1-16(5-4-10-3-2-6-19-10)12-11(13(17)18)7-9(14)8-15-12/h2-3,6-8H,4-5,14H2,1H3,(H,17,18). The van der Waals surface area contributed by atoms with Gasteiger partial charge in [-0.3, -0.25) is 0 Å². The SMILES string of the molecule is CN(CCc1cccs1)c1ncc(N)cc1C(=O)O. The fourth-order valence-corrected chi connectivity index (χ4v) is 2.47. The maximum Gasteiger partial charge on any atom is 0.339 e. The number of aromatic carboxylic acids is 1. The number of rotatable bonds is 5. The number of carboxylic acids is 1. The van der Waals surface area contributed by atoms with E-state index < -0.39 is 5.97 Å². The summed E-state index contributed by atoms with van der Waals surface area (Å²) in [6, 6.07) is 5.50. The zero-order chi connectivity index (χ0) is 13.8. The van der Waals surface area contributed by atoms with Gasteiger partial charge in [-0.1, -0.05) is 6.07 Å². The van der Waals surface area contributed by atoms with Crippen molar-refractivity contribution >= 4 is 28.8 Å². The highest BCUT2D eigenvalue weighted by Crippen LogP contribution is 2.20. The van der Waals surface area contributed by atoms with Gasteiger partial charge >= 0.3 is 5.97 Å².